The first kappa shape index (κ1) is 10.9. The van der Waals surface area contributed by atoms with Gasteiger partial charge in [-0.25, -0.2) is 0 Å². The smallest absolute Gasteiger partial charge is 0.120 e. The first-order valence-corrected chi connectivity index (χ1v) is 4.66. The fraction of sp³-hybridized carbons (Fsp3) is 0.300. The van der Waals surface area contributed by atoms with E-state index in [2.05, 4.69) is 0 Å². The van der Waals surface area contributed by atoms with Crippen molar-refractivity contribution in [3.05, 3.63) is 29.8 Å². The van der Waals surface area contributed by atoms with Crippen LogP contribution in [-0.2, 0) is 4.74 Å². The van der Waals surface area contributed by atoms with Gasteiger partial charge in [0.15, 0.2) is 0 Å². The summed E-state index contributed by atoms with van der Waals surface area (Å²) in [7, 11) is 1.63. The van der Waals surface area contributed by atoms with Gasteiger partial charge in [0.05, 0.1) is 6.61 Å². The van der Waals surface area contributed by atoms with Crippen LogP contribution in [0, 0.1) is 0 Å². The number of nitrogens with two attached hydrogens (primary N) is 1. The second kappa shape index (κ2) is 5.57. The second-order valence-electron chi connectivity index (χ2n) is 2.73. The van der Waals surface area contributed by atoms with Gasteiger partial charge in [-0.2, -0.15) is 0 Å². The Morgan fingerprint density at radius 1 is 1.43 bits per heavy atom. The van der Waals surface area contributed by atoms with E-state index in [-0.39, 0.29) is 0 Å². The van der Waals surface area contributed by atoms with Crippen LogP contribution in [0.5, 0.6) is 5.75 Å². The third-order valence-corrected chi connectivity index (χ3v) is 1.91. The van der Waals surface area contributed by atoms with E-state index in [4.69, 9.17) is 27.4 Å². The Morgan fingerprint density at radius 3 is 2.86 bits per heavy atom. The molecule has 0 saturated carbocycles. The molecule has 0 spiro atoms. The van der Waals surface area contributed by atoms with Crippen LogP contribution in [0.25, 0.3) is 0 Å². The average Bonchev–Trinajstić information content (AvgIpc) is 2.19. The Hall–Kier alpha value is -1.13. The lowest BCUT2D eigenvalue weighted by molar-refractivity contribution is 0.146. The molecule has 0 atom stereocenters. The standard InChI is InChI=1S/C10H13NO2S/c1-12-5-6-13-9-4-2-3-8(7-9)10(11)14/h2-4,7H,5-6H2,1H3,(H2,11,14). The summed E-state index contributed by atoms with van der Waals surface area (Å²) in [6.07, 6.45) is 0. The maximum Gasteiger partial charge on any atom is 0.120 e. The molecule has 1 aromatic rings. The predicted octanol–water partition coefficient (Wildman–Crippen LogP) is 1.35. The van der Waals surface area contributed by atoms with Crippen LogP contribution in [0.1, 0.15) is 5.56 Å². The molecule has 0 aromatic heterocycles. The summed E-state index contributed by atoms with van der Waals surface area (Å²) in [6, 6.07) is 7.39. The molecule has 3 nitrogen and oxygen atoms in total. The van der Waals surface area contributed by atoms with Crippen LogP contribution >= 0.6 is 12.2 Å². The van der Waals surface area contributed by atoms with Gasteiger partial charge in [0.25, 0.3) is 0 Å². The van der Waals surface area contributed by atoms with Crippen molar-refractivity contribution < 1.29 is 9.47 Å². The molecule has 1 aromatic carbocycles. The van der Waals surface area contributed by atoms with Crippen LogP contribution in [0.4, 0.5) is 0 Å². The van der Waals surface area contributed by atoms with Gasteiger partial charge in [-0.3, -0.25) is 0 Å². The molecule has 14 heavy (non-hydrogen) atoms. The van der Waals surface area contributed by atoms with E-state index in [1.54, 1.807) is 7.11 Å². The summed E-state index contributed by atoms with van der Waals surface area (Å²) in [5, 5.41) is 0. The van der Waals surface area contributed by atoms with Crippen LogP contribution < -0.4 is 10.5 Å². The van der Waals surface area contributed by atoms with Crippen LogP contribution in [0.3, 0.4) is 0 Å². The Morgan fingerprint density at radius 2 is 2.21 bits per heavy atom. The minimum absolute atomic E-state index is 0.377. The van der Waals surface area contributed by atoms with Crippen LogP contribution in [0.15, 0.2) is 24.3 Å². The molecule has 0 heterocycles. The van der Waals surface area contributed by atoms with Gasteiger partial charge in [-0.05, 0) is 12.1 Å². The van der Waals surface area contributed by atoms with E-state index in [1.807, 2.05) is 24.3 Å². The fourth-order valence-corrected chi connectivity index (χ4v) is 1.11. The maximum atomic E-state index is 5.49. The molecule has 0 saturated heterocycles. The monoisotopic (exact) mass is 211 g/mol. The number of benzene rings is 1. The summed E-state index contributed by atoms with van der Waals surface area (Å²) < 4.78 is 10.3. The molecule has 0 aliphatic heterocycles. The van der Waals surface area contributed by atoms with Crippen molar-refractivity contribution in [1.29, 1.82) is 0 Å². The number of methoxy groups -OCH3 is 1. The van der Waals surface area contributed by atoms with Crippen LogP contribution in [0.2, 0.25) is 0 Å². The summed E-state index contributed by atoms with van der Waals surface area (Å²) in [6.45, 7) is 1.09. The van der Waals surface area contributed by atoms with Gasteiger partial charge < -0.3 is 15.2 Å². The Bertz CT molecular complexity index is 315. The number of rotatable bonds is 5. The lowest BCUT2D eigenvalue weighted by atomic mass is 10.2. The number of thiocarbonyl (C=S) groups is 1. The summed E-state index contributed by atoms with van der Waals surface area (Å²) in [4.78, 5) is 0.377. The van der Waals surface area contributed by atoms with E-state index in [0.717, 1.165) is 11.3 Å². The van der Waals surface area contributed by atoms with Crippen molar-refractivity contribution in [3.63, 3.8) is 0 Å². The fourth-order valence-electron chi connectivity index (χ4n) is 0.982. The van der Waals surface area contributed by atoms with Crippen molar-refractivity contribution in [2.75, 3.05) is 20.3 Å². The molecule has 1 rings (SSSR count). The van der Waals surface area contributed by atoms with Gasteiger partial charge in [-0.15, -0.1) is 0 Å². The Balaban J connectivity index is 2.59. The largest absolute Gasteiger partial charge is 0.491 e. The highest BCUT2D eigenvalue weighted by atomic mass is 32.1. The van der Waals surface area contributed by atoms with Gasteiger partial charge in [-0.1, -0.05) is 24.4 Å². The molecule has 4 heteroatoms. The van der Waals surface area contributed by atoms with Gasteiger partial charge in [0.1, 0.15) is 17.3 Å². The van der Waals surface area contributed by atoms with Crippen molar-refractivity contribution in [2.24, 2.45) is 5.73 Å². The zero-order valence-corrected chi connectivity index (χ0v) is 8.84. The van der Waals surface area contributed by atoms with E-state index in [0.29, 0.717) is 18.2 Å². The van der Waals surface area contributed by atoms with E-state index in [1.165, 1.54) is 0 Å². The first-order valence-electron chi connectivity index (χ1n) is 4.25. The highest BCUT2D eigenvalue weighted by Crippen LogP contribution is 2.12. The normalized spacial score (nSPS) is 9.79. The Kier molecular flexibility index (Phi) is 4.35. The highest BCUT2D eigenvalue weighted by Gasteiger charge is 1.98. The van der Waals surface area contributed by atoms with Gasteiger partial charge in [0, 0.05) is 12.7 Å². The van der Waals surface area contributed by atoms with Crippen molar-refractivity contribution in [2.45, 2.75) is 0 Å². The molecular weight excluding hydrogens is 198 g/mol. The lowest BCUT2D eigenvalue weighted by Crippen LogP contribution is -2.10. The SMILES string of the molecule is COCCOc1cccc(C(N)=S)c1. The van der Waals surface area contributed by atoms with E-state index in [9.17, 15) is 0 Å². The molecule has 0 amide bonds. The molecule has 2 N–H and O–H groups in total. The highest BCUT2D eigenvalue weighted by molar-refractivity contribution is 7.80. The van der Waals surface area contributed by atoms with Crippen molar-refractivity contribution in [3.8, 4) is 5.75 Å². The zero-order chi connectivity index (χ0) is 10.4. The zero-order valence-electron chi connectivity index (χ0n) is 8.03. The predicted molar refractivity (Wildman–Crippen MR) is 59.7 cm³/mol. The lowest BCUT2D eigenvalue weighted by Gasteiger charge is -2.06. The molecule has 0 aliphatic rings. The quantitative estimate of drug-likeness (QED) is 0.590. The molecule has 0 unspecified atom stereocenters. The summed E-state index contributed by atoms with van der Waals surface area (Å²) >= 11 is 4.85. The third kappa shape index (κ3) is 3.32. The molecule has 0 fully saturated rings. The minimum atomic E-state index is 0.377. The van der Waals surface area contributed by atoms with E-state index >= 15 is 0 Å². The average molecular weight is 211 g/mol. The molecule has 0 bridgehead atoms. The van der Waals surface area contributed by atoms with Crippen molar-refractivity contribution >= 4 is 17.2 Å². The molecule has 0 radical (unpaired) electrons. The molecule has 0 aliphatic carbocycles. The maximum absolute atomic E-state index is 5.49. The first-order chi connectivity index (χ1) is 6.74. The van der Waals surface area contributed by atoms with Crippen molar-refractivity contribution in [1.82, 2.24) is 0 Å². The second-order valence-corrected chi connectivity index (χ2v) is 3.17. The summed E-state index contributed by atoms with van der Waals surface area (Å²) in [5.74, 6) is 0.757. The number of ether oxygens (including phenoxy) is 2. The van der Waals surface area contributed by atoms with Crippen LogP contribution in [-0.4, -0.2) is 25.3 Å². The summed E-state index contributed by atoms with van der Waals surface area (Å²) in [5.41, 5.74) is 6.30. The van der Waals surface area contributed by atoms with Gasteiger partial charge >= 0.3 is 0 Å². The van der Waals surface area contributed by atoms with Gasteiger partial charge in [0.2, 0.25) is 0 Å². The topological polar surface area (TPSA) is 44.5 Å². The number of hydrogen-bond donors (Lipinski definition) is 1. The molecule has 76 valence electrons. The Labute approximate surface area is 88.8 Å². The minimum Gasteiger partial charge on any atom is -0.491 e. The number of hydrogen-bond acceptors (Lipinski definition) is 3. The van der Waals surface area contributed by atoms with E-state index < -0.39 is 0 Å². The molecular formula is C10H13NO2S. The third-order valence-electron chi connectivity index (χ3n) is 1.67.